The number of thioether (sulfide) groups is 1. The predicted octanol–water partition coefficient (Wildman–Crippen LogP) is 2.62. The summed E-state index contributed by atoms with van der Waals surface area (Å²) in [7, 11) is -3.48. The minimum Gasteiger partial charge on any atom is -0.379 e. The van der Waals surface area contributed by atoms with E-state index in [4.69, 9.17) is 4.74 Å². The number of hydrogen-bond acceptors (Lipinski definition) is 6. The van der Waals surface area contributed by atoms with E-state index in [2.05, 4.69) is 41.5 Å². The molecule has 0 unspecified atom stereocenters. The Morgan fingerprint density at radius 1 is 1.15 bits per heavy atom. The third kappa shape index (κ3) is 4.97. The van der Waals surface area contributed by atoms with Crippen LogP contribution in [0.25, 0.3) is 0 Å². The molecule has 0 radical (unpaired) electrons. The first kappa shape index (κ1) is 19.2. The number of anilines is 1. The van der Waals surface area contributed by atoms with Gasteiger partial charge in [0.2, 0.25) is 10.0 Å². The lowest BCUT2D eigenvalue weighted by Crippen LogP contribution is -2.40. The van der Waals surface area contributed by atoms with Crippen LogP contribution in [0, 0.1) is 6.92 Å². The number of hydrogen-bond donors (Lipinski definition) is 1. The second-order valence-corrected chi connectivity index (χ2v) is 9.09. The average Bonchev–Trinajstić information content (AvgIpc) is 2.68. The van der Waals surface area contributed by atoms with E-state index < -0.39 is 10.0 Å². The van der Waals surface area contributed by atoms with Crippen molar-refractivity contribution in [3.8, 4) is 0 Å². The van der Waals surface area contributed by atoms with Gasteiger partial charge in [-0.15, -0.1) is 11.8 Å². The molecule has 2 heterocycles. The van der Waals surface area contributed by atoms with Crippen molar-refractivity contribution in [2.75, 3.05) is 43.9 Å². The molecule has 1 aliphatic rings. The van der Waals surface area contributed by atoms with E-state index in [1.165, 1.54) is 21.0 Å². The Balaban J connectivity index is 1.50. The van der Waals surface area contributed by atoms with Crippen molar-refractivity contribution >= 4 is 27.6 Å². The molecule has 0 amide bonds. The van der Waals surface area contributed by atoms with Crippen molar-refractivity contribution in [3.63, 3.8) is 0 Å². The van der Waals surface area contributed by atoms with Gasteiger partial charge in [-0.25, -0.2) is 13.4 Å². The lowest BCUT2D eigenvalue weighted by molar-refractivity contribution is 0.0730. The highest BCUT2D eigenvalue weighted by Gasteiger charge is 2.26. The quantitative estimate of drug-likeness (QED) is 0.576. The van der Waals surface area contributed by atoms with E-state index >= 15 is 0 Å². The van der Waals surface area contributed by atoms with Gasteiger partial charge in [0.25, 0.3) is 0 Å². The Kier molecular flexibility index (Phi) is 6.53. The van der Waals surface area contributed by atoms with Crippen LogP contribution in [0.4, 0.5) is 5.82 Å². The molecule has 0 saturated carbocycles. The zero-order valence-electron chi connectivity index (χ0n) is 14.7. The van der Waals surface area contributed by atoms with Gasteiger partial charge in [-0.2, -0.15) is 4.31 Å². The van der Waals surface area contributed by atoms with Crippen LogP contribution in [0.3, 0.4) is 0 Å². The highest BCUT2D eigenvalue weighted by atomic mass is 32.2. The van der Waals surface area contributed by atoms with Crippen LogP contribution in [0.5, 0.6) is 0 Å². The molecule has 1 aromatic carbocycles. The van der Waals surface area contributed by atoms with Crippen LogP contribution in [0.1, 0.15) is 5.56 Å². The third-order valence-corrected chi connectivity index (χ3v) is 6.94. The van der Waals surface area contributed by atoms with Crippen molar-refractivity contribution in [3.05, 3.63) is 48.2 Å². The van der Waals surface area contributed by atoms with Gasteiger partial charge in [0, 0.05) is 36.5 Å². The highest BCUT2D eigenvalue weighted by molar-refractivity contribution is 7.99. The molecule has 1 saturated heterocycles. The van der Waals surface area contributed by atoms with E-state index in [1.54, 1.807) is 23.9 Å². The molecule has 1 N–H and O–H groups in total. The first-order valence-corrected chi connectivity index (χ1v) is 11.0. The molecule has 140 valence electrons. The smallest absolute Gasteiger partial charge is 0.244 e. The fourth-order valence-corrected chi connectivity index (χ4v) is 4.68. The Morgan fingerprint density at radius 2 is 1.88 bits per heavy atom. The standard InChI is InChI=1S/C18H23N3O3S2/c1-15-2-4-16(5-3-15)25-13-8-19-18-7-6-17(14-20-18)26(22,23)21-9-11-24-12-10-21/h2-7,14H,8-13H2,1H3,(H,19,20). The molecular formula is C18H23N3O3S2. The minimum absolute atomic E-state index is 0.221. The molecule has 1 fully saturated rings. The number of aromatic nitrogens is 1. The van der Waals surface area contributed by atoms with Crippen molar-refractivity contribution in [1.82, 2.24) is 9.29 Å². The highest BCUT2D eigenvalue weighted by Crippen LogP contribution is 2.19. The summed E-state index contributed by atoms with van der Waals surface area (Å²) in [6.45, 7) is 4.47. The molecular weight excluding hydrogens is 370 g/mol. The summed E-state index contributed by atoms with van der Waals surface area (Å²) in [5.74, 6) is 1.58. The molecule has 26 heavy (non-hydrogen) atoms. The first-order valence-electron chi connectivity index (χ1n) is 8.53. The summed E-state index contributed by atoms with van der Waals surface area (Å²) in [6, 6.07) is 11.8. The number of nitrogens with zero attached hydrogens (tertiary/aromatic N) is 2. The van der Waals surface area contributed by atoms with Gasteiger partial charge in [0.15, 0.2) is 0 Å². The molecule has 0 spiro atoms. The predicted molar refractivity (Wildman–Crippen MR) is 104 cm³/mol. The summed E-state index contributed by atoms with van der Waals surface area (Å²) in [5, 5.41) is 3.22. The number of sulfonamides is 1. The fraction of sp³-hybridized carbons (Fsp3) is 0.389. The zero-order valence-corrected chi connectivity index (χ0v) is 16.4. The van der Waals surface area contributed by atoms with Gasteiger partial charge in [0.1, 0.15) is 10.7 Å². The summed E-state index contributed by atoms with van der Waals surface area (Å²) >= 11 is 1.77. The average molecular weight is 394 g/mol. The SMILES string of the molecule is Cc1ccc(SCCNc2ccc(S(=O)(=O)N3CCOCC3)cn2)cc1. The van der Waals surface area contributed by atoms with Crippen molar-refractivity contribution in [2.45, 2.75) is 16.7 Å². The third-order valence-electron chi connectivity index (χ3n) is 4.04. The van der Waals surface area contributed by atoms with E-state index in [1.807, 2.05) is 0 Å². The van der Waals surface area contributed by atoms with Gasteiger partial charge in [-0.1, -0.05) is 17.7 Å². The summed E-state index contributed by atoms with van der Waals surface area (Å²) in [4.78, 5) is 5.69. The van der Waals surface area contributed by atoms with E-state index in [0.717, 1.165) is 12.3 Å². The molecule has 0 bridgehead atoms. The summed E-state index contributed by atoms with van der Waals surface area (Å²) in [6.07, 6.45) is 1.42. The topological polar surface area (TPSA) is 71.5 Å². The van der Waals surface area contributed by atoms with Gasteiger partial charge < -0.3 is 10.1 Å². The van der Waals surface area contributed by atoms with Crippen molar-refractivity contribution in [2.24, 2.45) is 0 Å². The monoisotopic (exact) mass is 393 g/mol. The summed E-state index contributed by atoms with van der Waals surface area (Å²) in [5.41, 5.74) is 1.25. The number of ether oxygens (including phenoxy) is 1. The normalized spacial score (nSPS) is 15.7. The van der Waals surface area contributed by atoms with E-state index in [-0.39, 0.29) is 4.90 Å². The van der Waals surface area contributed by atoms with Crippen LogP contribution in [0.15, 0.2) is 52.4 Å². The van der Waals surface area contributed by atoms with Crippen molar-refractivity contribution < 1.29 is 13.2 Å². The number of morpholine rings is 1. The van der Waals surface area contributed by atoms with Crippen molar-refractivity contribution in [1.29, 1.82) is 0 Å². The van der Waals surface area contributed by atoms with Gasteiger partial charge in [-0.3, -0.25) is 0 Å². The molecule has 0 aliphatic carbocycles. The zero-order chi connectivity index (χ0) is 18.4. The maximum atomic E-state index is 12.5. The Morgan fingerprint density at radius 3 is 2.54 bits per heavy atom. The number of rotatable bonds is 7. The van der Waals surface area contributed by atoms with Crippen LogP contribution in [0.2, 0.25) is 0 Å². The Bertz CT molecular complexity index is 803. The van der Waals surface area contributed by atoms with Crippen LogP contribution in [-0.4, -0.2) is 56.3 Å². The Hall–Kier alpha value is -1.61. The number of nitrogens with one attached hydrogen (secondary N) is 1. The van der Waals surface area contributed by atoms with Crippen LogP contribution in [-0.2, 0) is 14.8 Å². The molecule has 2 aromatic rings. The second-order valence-electron chi connectivity index (χ2n) is 5.98. The van der Waals surface area contributed by atoms with E-state index in [9.17, 15) is 8.42 Å². The van der Waals surface area contributed by atoms with Gasteiger partial charge in [-0.05, 0) is 31.2 Å². The Labute approximate surface area is 159 Å². The molecule has 8 heteroatoms. The molecule has 6 nitrogen and oxygen atoms in total. The molecule has 3 rings (SSSR count). The first-order chi connectivity index (χ1) is 12.6. The van der Waals surface area contributed by atoms with Crippen LogP contribution >= 0.6 is 11.8 Å². The second kappa shape index (κ2) is 8.85. The molecule has 1 aliphatic heterocycles. The number of benzene rings is 1. The summed E-state index contributed by atoms with van der Waals surface area (Å²) < 4.78 is 31.7. The molecule has 0 atom stereocenters. The minimum atomic E-state index is -3.48. The number of pyridine rings is 1. The number of aryl methyl sites for hydroxylation is 1. The lowest BCUT2D eigenvalue weighted by Gasteiger charge is -2.25. The van der Waals surface area contributed by atoms with Gasteiger partial charge in [0.05, 0.1) is 13.2 Å². The van der Waals surface area contributed by atoms with Gasteiger partial charge >= 0.3 is 0 Å². The van der Waals surface area contributed by atoms with E-state index in [0.29, 0.717) is 32.1 Å². The maximum absolute atomic E-state index is 12.5. The molecule has 1 aromatic heterocycles. The lowest BCUT2D eigenvalue weighted by atomic mass is 10.2. The fourth-order valence-electron chi connectivity index (χ4n) is 2.56. The maximum Gasteiger partial charge on any atom is 0.244 e. The largest absolute Gasteiger partial charge is 0.379 e. The van der Waals surface area contributed by atoms with Crippen LogP contribution < -0.4 is 5.32 Å².